The van der Waals surface area contributed by atoms with E-state index < -0.39 is 42.9 Å². The summed E-state index contributed by atoms with van der Waals surface area (Å²) in [4.78, 5) is 40.5. The molecule has 0 bridgehead atoms. The maximum absolute atomic E-state index is 15.0. The van der Waals surface area contributed by atoms with Crippen LogP contribution in [0.1, 0.15) is 28.9 Å². The number of hydrogen-bond donors (Lipinski definition) is 2. The van der Waals surface area contributed by atoms with E-state index in [1.54, 1.807) is 0 Å². The van der Waals surface area contributed by atoms with E-state index in [-0.39, 0.29) is 54.4 Å². The van der Waals surface area contributed by atoms with Crippen molar-refractivity contribution in [3.63, 3.8) is 0 Å². The number of ether oxygens (including phenoxy) is 1. The van der Waals surface area contributed by atoms with Gasteiger partial charge in [-0.3, -0.25) is 19.3 Å². The van der Waals surface area contributed by atoms with Crippen LogP contribution in [0.15, 0.2) is 30.3 Å². The monoisotopic (exact) mass is 590 g/mol. The maximum Gasteiger partial charge on any atom is 0.401 e. The van der Waals surface area contributed by atoms with Gasteiger partial charge in [-0.05, 0) is 49.1 Å². The van der Waals surface area contributed by atoms with Crippen LogP contribution in [0.3, 0.4) is 0 Å². The number of rotatable bonds is 10. The van der Waals surface area contributed by atoms with Crippen molar-refractivity contribution in [2.24, 2.45) is 5.92 Å². The van der Waals surface area contributed by atoms with Gasteiger partial charge in [0.2, 0.25) is 5.91 Å². The first-order valence-electron chi connectivity index (χ1n) is 12.3. The molecule has 2 aliphatic rings. The van der Waals surface area contributed by atoms with Gasteiger partial charge in [-0.15, -0.1) is 11.3 Å². The highest BCUT2D eigenvalue weighted by Crippen LogP contribution is 2.30. The highest BCUT2D eigenvalue weighted by molar-refractivity contribution is 7.18. The average Bonchev–Trinajstić information content (AvgIpc) is 3.28. The molecule has 1 aromatic heterocycles. The smallest absolute Gasteiger partial charge is 0.370 e. The summed E-state index contributed by atoms with van der Waals surface area (Å²) in [5.41, 5.74) is 0.00216. The summed E-state index contributed by atoms with van der Waals surface area (Å²) in [5.74, 6) is -2.73. The Balaban J connectivity index is 1.53. The Morgan fingerprint density at radius 3 is 2.59 bits per heavy atom. The SMILES string of the molecule is O=C(NC[C@@H](C(=O)Nc1ccc(N2CCOCC2=O)cc1F)N(CC1CCC1)CC(F)(F)F)c1ccc(Cl)s1. The van der Waals surface area contributed by atoms with Gasteiger partial charge >= 0.3 is 6.18 Å². The summed E-state index contributed by atoms with van der Waals surface area (Å²) in [6.07, 6.45) is -2.25. The van der Waals surface area contributed by atoms with Crippen molar-refractivity contribution in [1.82, 2.24) is 10.2 Å². The first-order chi connectivity index (χ1) is 18.5. The zero-order chi connectivity index (χ0) is 28.2. The quantitative estimate of drug-likeness (QED) is 0.403. The molecular weight excluding hydrogens is 564 g/mol. The molecule has 3 amide bonds. The molecule has 8 nitrogen and oxygen atoms in total. The van der Waals surface area contributed by atoms with Gasteiger partial charge in [-0.25, -0.2) is 4.39 Å². The number of amides is 3. The molecule has 2 heterocycles. The normalized spacial score (nSPS) is 17.2. The molecule has 14 heteroatoms. The van der Waals surface area contributed by atoms with Crippen LogP contribution in [-0.2, 0) is 14.3 Å². The lowest BCUT2D eigenvalue weighted by Crippen LogP contribution is -2.55. The van der Waals surface area contributed by atoms with Gasteiger partial charge in [0, 0.05) is 25.3 Å². The van der Waals surface area contributed by atoms with Crippen LogP contribution < -0.4 is 15.5 Å². The van der Waals surface area contributed by atoms with Crippen LogP contribution in [0.25, 0.3) is 0 Å². The summed E-state index contributed by atoms with van der Waals surface area (Å²) in [5, 5.41) is 4.89. The number of hydrogen-bond acceptors (Lipinski definition) is 6. The Morgan fingerprint density at radius 1 is 1.23 bits per heavy atom. The fourth-order valence-corrected chi connectivity index (χ4v) is 5.38. The third-order valence-electron chi connectivity index (χ3n) is 6.60. The second-order valence-electron chi connectivity index (χ2n) is 9.42. The van der Waals surface area contributed by atoms with E-state index in [1.165, 1.54) is 29.2 Å². The lowest BCUT2D eigenvalue weighted by Gasteiger charge is -2.37. The van der Waals surface area contributed by atoms with Gasteiger partial charge in [-0.2, -0.15) is 13.2 Å². The molecule has 1 aliphatic heterocycles. The summed E-state index contributed by atoms with van der Waals surface area (Å²) >= 11 is 6.86. The van der Waals surface area contributed by atoms with Gasteiger partial charge < -0.3 is 20.3 Å². The van der Waals surface area contributed by atoms with E-state index in [1.807, 2.05) is 0 Å². The standard InChI is InChI=1S/C25H27ClF4N4O4S/c26-21-7-6-20(39-21)24(37)31-11-19(33(14-25(28,29)30)12-15-2-1-3-15)23(36)32-18-5-4-16(10-17(18)27)34-8-9-38-13-22(34)35/h4-7,10,15,19H,1-3,8-9,11-14H2,(H,31,37)(H,32,36)/t19-/m0/s1. The second-order valence-corrected chi connectivity index (χ2v) is 11.1. The van der Waals surface area contributed by atoms with Gasteiger partial charge in [0.25, 0.3) is 11.8 Å². The molecule has 2 fully saturated rings. The zero-order valence-corrected chi connectivity index (χ0v) is 22.3. The number of anilines is 2. The third-order valence-corrected chi connectivity index (χ3v) is 7.83. The highest BCUT2D eigenvalue weighted by atomic mass is 35.5. The van der Waals surface area contributed by atoms with E-state index >= 15 is 0 Å². The lowest BCUT2D eigenvalue weighted by molar-refractivity contribution is -0.155. The number of carbonyl (C=O) groups excluding carboxylic acids is 3. The minimum atomic E-state index is -4.61. The predicted molar refractivity (Wildman–Crippen MR) is 139 cm³/mol. The number of halogens is 5. The first-order valence-corrected chi connectivity index (χ1v) is 13.5. The first kappa shape index (κ1) is 29.2. The number of alkyl halides is 3. The molecule has 1 aromatic carbocycles. The predicted octanol–water partition coefficient (Wildman–Crippen LogP) is 4.31. The van der Waals surface area contributed by atoms with Gasteiger partial charge in [0.15, 0.2) is 0 Å². The van der Waals surface area contributed by atoms with E-state index in [9.17, 15) is 31.9 Å². The summed E-state index contributed by atoms with van der Waals surface area (Å²) in [7, 11) is 0. The van der Waals surface area contributed by atoms with Crippen LogP contribution in [0.2, 0.25) is 4.34 Å². The molecule has 1 aliphatic carbocycles. The van der Waals surface area contributed by atoms with E-state index in [0.717, 1.165) is 41.6 Å². The second kappa shape index (κ2) is 12.6. The van der Waals surface area contributed by atoms with E-state index in [0.29, 0.717) is 4.34 Å². The summed E-state index contributed by atoms with van der Waals surface area (Å²) in [6.45, 7) is -1.43. The Kier molecular flexibility index (Phi) is 9.47. The topological polar surface area (TPSA) is 91.0 Å². The Morgan fingerprint density at radius 2 is 2.00 bits per heavy atom. The van der Waals surface area contributed by atoms with Crippen LogP contribution in [-0.4, -0.2) is 74.2 Å². The summed E-state index contributed by atoms with van der Waals surface area (Å²) < 4.78 is 61.0. The van der Waals surface area contributed by atoms with Gasteiger partial charge in [0.1, 0.15) is 18.5 Å². The number of carbonyl (C=O) groups is 3. The minimum absolute atomic E-state index is 0.00113. The molecule has 1 atom stereocenters. The van der Waals surface area contributed by atoms with Crippen molar-refractivity contribution in [2.75, 3.05) is 49.6 Å². The fraction of sp³-hybridized carbons (Fsp3) is 0.480. The molecule has 0 unspecified atom stereocenters. The largest absolute Gasteiger partial charge is 0.401 e. The molecule has 1 saturated heterocycles. The molecule has 39 heavy (non-hydrogen) atoms. The van der Waals surface area contributed by atoms with Crippen molar-refractivity contribution in [2.45, 2.75) is 31.5 Å². The van der Waals surface area contributed by atoms with Crippen molar-refractivity contribution in [3.8, 4) is 0 Å². The van der Waals surface area contributed by atoms with Crippen molar-refractivity contribution < 1.29 is 36.7 Å². The minimum Gasteiger partial charge on any atom is -0.370 e. The van der Waals surface area contributed by atoms with Gasteiger partial charge in [0.05, 0.1) is 28.1 Å². The number of nitrogens with one attached hydrogen (secondary N) is 2. The number of nitrogens with zero attached hydrogens (tertiary/aromatic N) is 2. The Bertz CT molecular complexity index is 1210. The average molecular weight is 591 g/mol. The van der Waals surface area contributed by atoms with Crippen molar-refractivity contribution in [3.05, 3.63) is 45.4 Å². The molecular formula is C25H27ClF4N4O4S. The molecule has 212 valence electrons. The molecule has 0 spiro atoms. The third kappa shape index (κ3) is 7.90. The van der Waals surface area contributed by atoms with Crippen LogP contribution in [0.5, 0.6) is 0 Å². The van der Waals surface area contributed by atoms with Gasteiger partial charge in [-0.1, -0.05) is 18.0 Å². The molecule has 2 N–H and O–H groups in total. The van der Waals surface area contributed by atoms with Crippen LogP contribution >= 0.6 is 22.9 Å². The molecule has 0 radical (unpaired) electrons. The van der Waals surface area contributed by atoms with E-state index in [2.05, 4.69) is 10.6 Å². The van der Waals surface area contributed by atoms with E-state index in [4.69, 9.17) is 16.3 Å². The summed E-state index contributed by atoms with van der Waals surface area (Å²) in [6, 6.07) is 5.28. The van der Waals surface area contributed by atoms with Crippen LogP contribution in [0, 0.1) is 11.7 Å². The number of benzene rings is 1. The van der Waals surface area contributed by atoms with Crippen molar-refractivity contribution >= 4 is 52.0 Å². The fourth-order valence-electron chi connectivity index (χ4n) is 4.42. The Labute approximate surface area is 231 Å². The number of thiophene rings is 1. The zero-order valence-electron chi connectivity index (χ0n) is 20.7. The maximum atomic E-state index is 15.0. The highest BCUT2D eigenvalue weighted by Gasteiger charge is 2.39. The number of morpholine rings is 1. The lowest BCUT2D eigenvalue weighted by atomic mass is 9.84. The van der Waals surface area contributed by atoms with Crippen molar-refractivity contribution in [1.29, 1.82) is 0 Å². The molecule has 1 saturated carbocycles. The van der Waals surface area contributed by atoms with Crippen LogP contribution in [0.4, 0.5) is 28.9 Å². The molecule has 2 aromatic rings. The Hall–Kier alpha value is -2.74. The molecule has 4 rings (SSSR count).